The van der Waals surface area contributed by atoms with E-state index in [-0.39, 0.29) is 24.2 Å². The molecule has 0 radical (unpaired) electrons. The van der Waals surface area contributed by atoms with E-state index in [0.717, 1.165) is 54.0 Å². The van der Waals surface area contributed by atoms with Gasteiger partial charge in [-0.05, 0) is 99.0 Å². The second-order valence-electron chi connectivity index (χ2n) is 11.0. The summed E-state index contributed by atoms with van der Waals surface area (Å²) in [5.41, 5.74) is 2.05. The zero-order valence-electron chi connectivity index (χ0n) is 26.7. The Labute approximate surface area is 249 Å². The lowest BCUT2D eigenvalue weighted by Crippen LogP contribution is -1.88. The van der Waals surface area contributed by atoms with Crippen LogP contribution in [0.25, 0.3) is 86.9 Å². The SMILES string of the molecule is [2H]c1c([2H])c(-c2c3ccccc3cc3c2ccc2ccccc23)c([2H])c([2H])c1-c1ccc2c(ccc3c4ccccc4ccc23)c1. The van der Waals surface area contributed by atoms with Crippen molar-refractivity contribution < 1.29 is 5.48 Å². The summed E-state index contributed by atoms with van der Waals surface area (Å²) in [6.45, 7) is 0. The Balaban J connectivity index is 1.29. The van der Waals surface area contributed by atoms with E-state index in [2.05, 4.69) is 78.9 Å². The molecule has 0 N–H and O–H groups in total. The molecule has 0 aromatic heterocycles. The van der Waals surface area contributed by atoms with Crippen LogP contribution in [0.4, 0.5) is 0 Å². The minimum Gasteiger partial charge on any atom is -0.0616 e. The average molecular weight is 535 g/mol. The molecule has 9 aromatic rings. The van der Waals surface area contributed by atoms with Gasteiger partial charge >= 0.3 is 0 Å². The Bertz CT molecular complexity index is 2710. The van der Waals surface area contributed by atoms with E-state index in [1.807, 2.05) is 54.6 Å². The van der Waals surface area contributed by atoms with E-state index in [1.165, 1.54) is 16.2 Å². The summed E-state index contributed by atoms with van der Waals surface area (Å²) >= 11 is 0. The van der Waals surface area contributed by atoms with Crippen LogP contribution in [0.1, 0.15) is 5.48 Å². The Hall–Kier alpha value is -5.46. The van der Waals surface area contributed by atoms with Gasteiger partial charge in [-0.15, -0.1) is 0 Å². The summed E-state index contributed by atoms with van der Waals surface area (Å²) in [4.78, 5) is 0. The molecular formula is C42H26. The van der Waals surface area contributed by atoms with Gasteiger partial charge in [0.2, 0.25) is 0 Å². The van der Waals surface area contributed by atoms with Gasteiger partial charge in [-0.3, -0.25) is 0 Å². The lowest BCUT2D eigenvalue weighted by Gasteiger charge is -2.15. The van der Waals surface area contributed by atoms with Gasteiger partial charge in [-0.1, -0.05) is 145 Å². The minimum absolute atomic E-state index is 0.0353. The highest BCUT2D eigenvalue weighted by atomic mass is 14.2. The van der Waals surface area contributed by atoms with Crippen molar-refractivity contribution in [2.24, 2.45) is 0 Å². The van der Waals surface area contributed by atoms with Crippen molar-refractivity contribution in [2.45, 2.75) is 0 Å². The Morgan fingerprint density at radius 3 is 1.48 bits per heavy atom. The van der Waals surface area contributed by atoms with E-state index < -0.39 is 0 Å². The van der Waals surface area contributed by atoms with Crippen molar-refractivity contribution in [1.29, 1.82) is 0 Å². The Morgan fingerprint density at radius 1 is 0.286 bits per heavy atom. The van der Waals surface area contributed by atoms with E-state index in [1.54, 1.807) is 0 Å². The van der Waals surface area contributed by atoms with Crippen molar-refractivity contribution in [3.8, 4) is 22.3 Å². The molecular weight excluding hydrogens is 504 g/mol. The summed E-state index contributed by atoms with van der Waals surface area (Å²) in [5, 5.41) is 12.9. The van der Waals surface area contributed by atoms with E-state index in [0.29, 0.717) is 16.7 Å². The van der Waals surface area contributed by atoms with Crippen molar-refractivity contribution in [2.75, 3.05) is 0 Å². The third-order valence-corrected chi connectivity index (χ3v) is 8.68. The normalized spacial score (nSPS) is 13.1. The maximum absolute atomic E-state index is 9.33. The van der Waals surface area contributed by atoms with Gasteiger partial charge < -0.3 is 0 Å². The highest BCUT2D eigenvalue weighted by Gasteiger charge is 2.13. The fourth-order valence-electron chi connectivity index (χ4n) is 6.66. The third kappa shape index (κ3) is 3.49. The van der Waals surface area contributed by atoms with Crippen molar-refractivity contribution in [3.05, 3.63) is 158 Å². The summed E-state index contributed by atoms with van der Waals surface area (Å²) < 4.78 is 37.2. The molecule has 0 aliphatic heterocycles. The molecule has 0 unspecified atom stereocenters. The van der Waals surface area contributed by atoms with Gasteiger partial charge in [0, 0.05) is 0 Å². The van der Waals surface area contributed by atoms with Crippen LogP contribution >= 0.6 is 0 Å². The van der Waals surface area contributed by atoms with Crippen LogP contribution in [0.2, 0.25) is 0 Å². The molecule has 0 spiro atoms. The third-order valence-electron chi connectivity index (χ3n) is 8.68. The van der Waals surface area contributed by atoms with Crippen molar-refractivity contribution in [1.82, 2.24) is 0 Å². The van der Waals surface area contributed by atoms with Gasteiger partial charge in [0.1, 0.15) is 0 Å². The first kappa shape index (κ1) is 19.6. The monoisotopic (exact) mass is 534 g/mol. The standard InChI is InChI=1S/C42H26/c1-4-10-34-28(7-1)17-22-39-36-21-19-31(25-33(36)20-23-38(34)39)27-13-15-30(16-14-27)42-37-12-6-3-9-32(37)26-41-35-11-5-2-8-29(35)18-24-40(41)42/h1-26H/i13D,14D,15D,16D. The fourth-order valence-corrected chi connectivity index (χ4v) is 6.66. The summed E-state index contributed by atoms with van der Waals surface area (Å²) in [6.07, 6.45) is 0. The molecule has 0 fully saturated rings. The number of fused-ring (bicyclic) bond motifs is 9. The maximum Gasteiger partial charge on any atom is 0.0629 e. The largest absolute Gasteiger partial charge is 0.0629 e. The molecule has 0 bridgehead atoms. The Kier molecular flexibility index (Phi) is 4.21. The van der Waals surface area contributed by atoms with Crippen LogP contribution in [0, 0.1) is 0 Å². The predicted octanol–water partition coefficient (Wildman–Crippen LogP) is 11.9. The summed E-state index contributed by atoms with van der Waals surface area (Å²) in [7, 11) is 0. The number of hydrogen-bond acceptors (Lipinski definition) is 0. The molecule has 0 nitrogen and oxygen atoms in total. The highest BCUT2D eigenvalue weighted by Crippen LogP contribution is 2.40. The zero-order valence-corrected chi connectivity index (χ0v) is 22.7. The van der Waals surface area contributed by atoms with Crippen LogP contribution in [0.5, 0.6) is 0 Å². The van der Waals surface area contributed by atoms with Gasteiger partial charge in [0.05, 0.1) is 5.48 Å². The van der Waals surface area contributed by atoms with Gasteiger partial charge in [0.25, 0.3) is 0 Å². The number of hydrogen-bond donors (Lipinski definition) is 0. The highest BCUT2D eigenvalue weighted by molar-refractivity contribution is 6.20. The van der Waals surface area contributed by atoms with Crippen molar-refractivity contribution >= 4 is 64.6 Å². The lowest BCUT2D eigenvalue weighted by molar-refractivity contribution is 1.64. The smallest absolute Gasteiger partial charge is 0.0616 e. The molecule has 0 saturated carbocycles. The molecule has 9 aromatic carbocycles. The maximum atomic E-state index is 9.33. The van der Waals surface area contributed by atoms with Gasteiger partial charge in [-0.25, -0.2) is 0 Å². The quantitative estimate of drug-likeness (QED) is 0.153. The van der Waals surface area contributed by atoms with Gasteiger partial charge in [0.15, 0.2) is 0 Å². The molecule has 0 aliphatic rings. The molecule has 0 amide bonds. The van der Waals surface area contributed by atoms with Crippen LogP contribution in [-0.4, -0.2) is 0 Å². The average Bonchev–Trinajstić information content (AvgIpc) is 3.10. The van der Waals surface area contributed by atoms with Gasteiger partial charge in [-0.2, -0.15) is 0 Å². The van der Waals surface area contributed by atoms with E-state index in [9.17, 15) is 5.48 Å². The lowest BCUT2D eigenvalue weighted by atomic mass is 9.89. The van der Waals surface area contributed by atoms with Crippen molar-refractivity contribution in [3.63, 3.8) is 0 Å². The molecule has 194 valence electrons. The second-order valence-corrected chi connectivity index (χ2v) is 11.0. The zero-order chi connectivity index (χ0) is 31.1. The number of benzene rings is 9. The molecule has 0 heteroatoms. The predicted molar refractivity (Wildman–Crippen MR) is 182 cm³/mol. The second kappa shape index (κ2) is 9.03. The number of rotatable bonds is 2. The first-order valence-electron chi connectivity index (χ1n) is 16.3. The van der Waals surface area contributed by atoms with E-state index in [4.69, 9.17) is 0 Å². The van der Waals surface area contributed by atoms with Crippen LogP contribution in [0.15, 0.2) is 158 Å². The molecule has 0 aliphatic carbocycles. The first-order chi connectivity index (χ1) is 22.5. The molecule has 0 heterocycles. The topological polar surface area (TPSA) is 0 Å². The Morgan fingerprint density at radius 2 is 0.762 bits per heavy atom. The molecule has 9 rings (SSSR count). The summed E-state index contributed by atoms with van der Waals surface area (Å²) in [5.74, 6) is 0. The molecule has 0 atom stereocenters. The molecule has 0 saturated heterocycles. The van der Waals surface area contributed by atoms with E-state index >= 15 is 0 Å². The van der Waals surface area contributed by atoms with Crippen LogP contribution in [-0.2, 0) is 0 Å². The summed E-state index contributed by atoms with van der Waals surface area (Å²) in [6, 6.07) is 45.3. The van der Waals surface area contributed by atoms with Crippen LogP contribution < -0.4 is 0 Å². The first-order valence-corrected chi connectivity index (χ1v) is 14.3. The molecule has 42 heavy (non-hydrogen) atoms. The fraction of sp³-hybridized carbons (Fsp3) is 0. The van der Waals surface area contributed by atoms with Crippen LogP contribution in [0.3, 0.4) is 0 Å². The minimum atomic E-state index is -0.0380.